The van der Waals surface area contributed by atoms with Gasteiger partial charge in [-0.15, -0.1) is 0 Å². The number of nitrogens with two attached hydrogens (primary N) is 1. The number of aromatic nitrogens is 1. The Labute approximate surface area is 128 Å². The summed E-state index contributed by atoms with van der Waals surface area (Å²) in [5, 5.41) is 22.5. The van der Waals surface area contributed by atoms with Gasteiger partial charge < -0.3 is 26.0 Å². The van der Waals surface area contributed by atoms with Crippen molar-refractivity contribution < 1.29 is 19.7 Å². The smallest absolute Gasteiger partial charge is 0.407 e. The maximum Gasteiger partial charge on any atom is 0.407 e. The van der Waals surface area contributed by atoms with Gasteiger partial charge in [0.15, 0.2) is 0 Å². The molecule has 8 heteroatoms. The second-order valence-corrected chi connectivity index (χ2v) is 5.96. The normalized spacial score (nSPS) is 14.4. The lowest BCUT2D eigenvalue weighted by Gasteiger charge is -2.22. The van der Waals surface area contributed by atoms with Crippen LogP contribution < -0.4 is 11.1 Å². The molecule has 1 aromatic heterocycles. The molecule has 0 aliphatic carbocycles. The van der Waals surface area contributed by atoms with Crippen LogP contribution in [0.1, 0.15) is 32.4 Å². The van der Waals surface area contributed by atoms with Gasteiger partial charge in [-0.2, -0.15) is 0 Å². The molecule has 2 unspecified atom stereocenters. The second kappa shape index (κ2) is 6.93. The molecular formula is C13H20ClN3O4. The molecule has 21 heavy (non-hydrogen) atoms. The number of nitrogen functional groups attached to an aromatic ring is 1. The fourth-order valence-electron chi connectivity index (χ4n) is 1.52. The summed E-state index contributed by atoms with van der Waals surface area (Å²) in [4.78, 5) is 15.2. The predicted octanol–water partition coefficient (Wildman–Crippen LogP) is 1.24. The van der Waals surface area contributed by atoms with Crippen molar-refractivity contribution in [3.63, 3.8) is 0 Å². The van der Waals surface area contributed by atoms with E-state index < -0.39 is 23.9 Å². The minimum absolute atomic E-state index is 0.0585. The van der Waals surface area contributed by atoms with Crippen LogP contribution in [0.3, 0.4) is 0 Å². The maximum absolute atomic E-state index is 11.5. The monoisotopic (exact) mass is 317 g/mol. The average Bonchev–Trinajstić information content (AvgIpc) is 2.36. The van der Waals surface area contributed by atoms with Crippen molar-refractivity contribution in [2.75, 3.05) is 12.3 Å². The molecule has 2 atom stereocenters. The van der Waals surface area contributed by atoms with Gasteiger partial charge in [0, 0.05) is 18.3 Å². The Kier molecular flexibility index (Phi) is 5.77. The number of amides is 1. The van der Waals surface area contributed by atoms with E-state index in [1.54, 1.807) is 20.8 Å². The Balaban J connectivity index is 2.61. The number of nitrogens with one attached hydrogen (secondary N) is 1. The lowest BCUT2D eigenvalue weighted by molar-refractivity contribution is 0.0132. The number of carbonyl (C=O) groups is 1. The van der Waals surface area contributed by atoms with Gasteiger partial charge in [0.2, 0.25) is 0 Å². The number of ether oxygens (including phenoxy) is 1. The third kappa shape index (κ3) is 5.74. The van der Waals surface area contributed by atoms with Gasteiger partial charge in [0.25, 0.3) is 0 Å². The number of carbonyl (C=O) groups excluding carboxylic acids is 1. The summed E-state index contributed by atoms with van der Waals surface area (Å²) in [7, 11) is 0. The molecule has 0 saturated carbocycles. The second-order valence-electron chi connectivity index (χ2n) is 5.52. The van der Waals surface area contributed by atoms with E-state index in [2.05, 4.69) is 10.3 Å². The highest BCUT2D eigenvalue weighted by atomic mass is 35.5. The van der Waals surface area contributed by atoms with Crippen LogP contribution in [-0.4, -0.2) is 39.5 Å². The van der Waals surface area contributed by atoms with Gasteiger partial charge in [-0.25, -0.2) is 9.78 Å². The molecule has 0 fully saturated rings. The van der Waals surface area contributed by atoms with Crippen molar-refractivity contribution in [3.8, 4) is 0 Å². The lowest BCUT2D eigenvalue weighted by atomic mass is 10.1. The molecule has 1 aromatic rings. The van der Waals surface area contributed by atoms with E-state index in [1.165, 1.54) is 12.3 Å². The van der Waals surface area contributed by atoms with E-state index in [1.807, 2.05) is 0 Å². The van der Waals surface area contributed by atoms with E-state index in [9.17, 15) is 15.0 Å². The summed E-state index contributed by atoms with van der Waals surface area (Å²) in [5.41, 5.74) is 5.17. The Morgan fingerprint density at radius 2 is 2.14 bits per heavy atom. The first-order valence-electron chi connectivity index (χ1n) is 6.34. The van der Waals surface area contributed by atoms with E-state index in [-0.39, 0.29) is 22.9 Å². The van der Waals surface area contributed by atoms with Gasteiger partial charge in [0.1, 0.15) is 23.6 Å². The quantitative estimate of drug-likeness (QED) is 0.663. The Morgan fingerprint density at radius 3 is 2.71 bits per heavy atom. The standard InChI is InChI=1S/C13H20ClN3O4/c1-13(2,3)21-12(20)17-6-9(18)10(19)8-4-7(14)5-16-11(8)15/h4-5,9-10,18-19H,6H2,1-3H3,(H2,15,16)(H,17,20). The van der Waals surface area contributed by atoms with E-state index in [0.717, 1.165) is 0 Å². The highest BCUT2D eigenvalue weighted by Gasteiger charge is 2.23. The molecule has 0 aliphatic heterocycles. The molecular weight excluding hydrogens is 298 g/mol. The van der Waals surface area contributed by atoms with Gasteiger partial charge in [-0.3, -0.25) is 0 Å². The number of anilines is 1. The lowest BCUT2D eigenvalue weighted by Crippen LogP contribution is -2.39. The number of aliphatic hydroxyl groups is 2. The average molecular weight is 318 g/mol. The summed E-state index contributed by atoms with van der Waals surface area (Å²) in [5.74, 6) is 0.0585. The molecule has 0 spiro atoms. The summed E-state index contributed by atoms with van der Waals surface area (Å²) >= 11 is 5.77. The van der Waals surface area contributed by atoms with E-state index in [0.29, 0.717) is 0 Å². The van der Waals surface area contributed by atoms with Crippen LogP contribution in [0.5, 0.6) is 0 Å². The predicted molar refractivity (Wildman–Crippen MR) is 78.9 cm³/mol. The SMILES string of the molecule is CC(C)(C)OC(=O)NCC(O)C(O)c1cc(Cl)cnc1N. The van der Waals surface area contributed by atoms with Crippen molar-refractivity contribution in [2.45, 2.75) is 38.6 Å². The molecule has 5 N–H and O–H groups in total. The molecule has 0 bridgehead atoms. The number of alkyl carbamates (subject to hydrolysis) is 1. The van der Waals surface area contributed by atoms with Crippen molar-refractivity contribution in [2.24, 2.45) is 0 Å². The summed E-state index contributed by atoms with van der Waals surface area (Å²) in [6, 6.07) is 1.41. The molecule has 1 rings (SSSR count). The van der Waals surface area contributed by atoms with Crippen molar-refractivity contribution in [1.29, 1.82) is 0 Å². The number of aliphatic hydroxyl groups excluding tert-OH is 2. The van der Waals surface area contributed by atoms with Gasteiger partial charge >= 0.3 is 6.09 Å². The first kappa shape index (κ1) is 17.5. The maximum atomic E-state index is 11.5. The zero-order valence-corrected chi connectivity index (χ0v) is 12.9. The van der Waals surface area contributed by atoms with Crippen LogP contribution in [0.4, 0.5) is 10.6 Å². The van der Waals surface area contributed by atoms with Crippen LogP contribution in [0.2, 0.25) is 5.02 Å². The molecule has 0 aliphatic rings. The first-order chi connectivity index (χ1) is 9.60. The summed E-state index contributed by atoms with van der Waals surface area (Å²) in [6.45, 7) is 4.95. The van der Waals surface area contributed by atoms with Crippen molar-refractivity contribution in [1.82, 2.24) is 10.3 Å². The zero-order chi connectivity index (χ0) is 16.2. The van der Waals surface area contributed by atoms with Gasteiger partial charge in [0.05, 0.1) is 5.02 Å². The van der Waals surface area contributed by atoms with Crippen molar-refractivity contribution in [3.05, 3.63) is 22.8 Å². The number of pyridine rings is 1. The van der Waals surface area contributed by atoms with E-state index in [4.69, 9.17) is 22.1 Å². The first-order valence-corrected chi connectivity index (χ1v) is 6.72. The molecule has 0 saturated heterocycles. The van der Waals surface area contributed by atoms with Gasteiger partial charge in [-0.1, -0.05) is 11.6 Å². The Bertz CT molecular complexity index is 505. The number of hydrogen-bond acceptors (Lipinski definition) is 6. The number of halogens is 1. The molecule has 0 radical (unpaired) electrons. The van der Waals surface area contributed by atoms with Crippen molar-refractivity contribution >= 4 is 23.5 Å². The minimum Gasteiger partial charge on any atom is -0.444 e. The summed E-state index contributed by atoms with van der Waals surface area (Å²) in [6.07, 6.45) is -1.96. The largest absolute Gasteiger partial charge is 0.444 e. The molecule has 0 aromatic carbocycles. The van der Waals surface area contributed by atoms with Crippen LogP contribution in [0.25, 0.3) is 0 Å². The highest BCUT2D eigenvalue weighted by molar-refractivity contribution is 6.30. The summed E-state index contributed by atoms with van der Waals surface area (Å²) < 4.78 is 5.02. The van der Waals surface area contributed by atoms with Crippen LogP contribution in [0.15, 0.2) is 12.3 Å². The number of rotatable bonds is 4. The zero-order valence-electron chi connectivity index (χ0n) is 12.1. The number of nitrogens with zero attached hydrogens (tertiary/aromatic N) is 1. The van der Waals surface area contributed by atoms with Crippen LogP contribution in [0, 0.1) is 0 Å². The van der Waals surface area contributed by atoms with E-state index >= 15 is 0 Å². The third-order valence-electron chi connectivity index (χ3n) is 2.45. The fraction of sp³-hybridized carbons (Fsp3) is 0.538. The Morgan fingerprint density at radius 1 is 1.52 bits per heavy atom. The Hall–Kier alpha value is -1.57. The minimum atomic E-state index is -1.33. The number of hydrogen-bond donors (Lipinski definition) is 4. The third-order valence-corrected chi connectivity index (χ3v) is 2.66. The fourth-order valence-corrected chi connectivity index (χ4v) is 1.69. The molecule has 1 amide bonds. The molecule has 118 valence electrons. The topological polar surface area (TPSA) is 118 Å². The van der Waals surface area contributed by atoms with Crippen LogP contribution >= 0.6 is 11.6 Å². The van der Waals surface area contributed by atoms with Crippen LogP contribution in [-0.2, 0) is 4.74 Å². The molecule has 1 heterocycles. The molecule has 7 nitrogen and oxygen atoms in total. The van der Waals surface area contributed by atoms with Gasteiger partial charge in [-0.05, 0) is 26.8 Å². The highest BCUT2D eigenvalue weighted by Crippen LogP contribution is 2.24.